The number of H-pyrrole nitrogens is 1. The van der Waals surface area contributed by atoms with Crippen molar-refractivity contribution in [2.24, 2.45) is 0 Å². The topological polar surface area (TPSA) is 77.1 Å². The van der Waals surface area contributed by atoms with Crippen molar-refractivity contribution in [1.29, 1.82) is 0 Å². The molecule has 0 bridgehead atoms. The van der Waals surface area contributed by atoms with Gasteiger partial charge in [-0.1, -0.05) is 24.3 Å². The Morgan fingerprint density at radius 2 is 1.89 bits per heavy atom. The first-order valence-corrected chi connectivity index (χ1v) is 11.9. The van der Waals surface area contributed by atoms with Crippen molar-refractivity contribution >= 4 is 38.4 Å². The minimum Gasteiger partial charge on any atom is -0.493 e. The summed E-state index contributed by atoms with van der Waals surface area (Å²) in [4.78, 5) is 18.0. The van der Waals surface area contributed by atoms with E-state index in [4.69, 9.17) is 14.5 Å². The minimum atomic E-state index is -0.767. The van der Waals surface area contributed by atoms with E-state index in [1.807, 2.05) is 45.2 Å². The molecule has 0 aliphatic carbocycles. The van der Waals surface area contributed by atoms with Crippen molar-refractivity contribution in [3.05, 3.63) is 66.0 Å². The number of carbonyl (C=O) groups is 1. The Kier molecular flexibility index (Phi) is 4.90. The van der Waals surface area contributed by atoms with Gasteiger partial charge in [0.25, 0.3) is 0 Å². The normalized spacial score (nSPS) is 14.4. The molecule has 0 fully saturated rings. The maximum absolute atomic E-state index is 13.1. The van der Waals surface area contributed by atoms with Crippen LogP contribution >= 0.6 is 0 Å². The van der Waals surface area contributed by atoms with Crippen LogP contribution in [-0.4, -0.2) is 33.2 Å². The van der Waals surface area contributed by atoms with Crippen molar-refractivity contribution in [1.82, 2.24) is 15.2 Å². The Morgan fingerprint density at radius 1 is 1.09 bits per heavy atom. The third-order valence-corrected chi connectivity index (χ3v) is 6.61. The van der Waals surface area contributed by atoms with Crippen LogP contribution in [0.15, 0.2) is 54.9 Å². The smallest absolute Gasteiger partial charge is 0.163 e. The lowest BCUT2D eigenvalue weighted by molar-refractivity contribution is -0.138. The Hall–Kier alpha value is -3.77. The summed E-state index contributed by atoms with van der Waals surface area (Å²) >= 11 is 0. The number of aromatic nitrogens is 3. The third-order valence-electron chi connectivity index (χ3n) is 6.61. The minimum absolute atomic E-state index is 0.0574. The highest BCUT2D eigenvalue weighted by Gasteiger charge is 2.32. The Morgan fingerprint density at radius 3 is 2.66 bits per heavy atom. The summed E-state index contributed by atoms with van der Waals surface area (Å²) < 4.78 is 12.4. The molecule has 1 atom stereocenters. The number of hydrogen-bond acceptors (Lipinski definition) is 5. The lowest BCUT2D eigenvalue weighted by atomic mass is 9.85. The molecule has 1 aliphatic heterocycles. The number of hydrogen-bond donors (Lipinski definition) is 1. The van der Waals surface area contributed by atoms with Gasteiger partial charge in [-0.2, -0.15) is 5.10 Å². The molecule has 1 aliphatic rings. The van der Waals surface area contributed by atoms with E-state index in [9.17, 15) is 4.79 Å². The molecule has 0 amide bonds. The Balaban J connectivity index is 1.79. The van der Waals surface area contributed by atoms with Gasteiger partial charge in [-0.05, 0) is 62.4 Å². The number of aromatic amines is 1. The average Bonchev–Trinajstić information content (AvgIpc) is 3.32. The predicted octanol–water partition coefficient (Wildman–Crippen LogP) is 6.31. The molecule has 2 aromatic heterocycles. The number of ether oxygens (including phenoxy) is 2. The van der Waals surface area contributed by atoms with Gasteiger partial charge in [0, 0.05) is 39.9 Å². The SMILES string of the molecule is CC(=O)[C@@H](OC(C)(C)C)c1c(-c2ccc3c4c(ccnc24)CCO3)c2ccccc2c2[nH]ncc12. The molecule has 35 heavy (non-hydrogen) atoms. The first-order chi connectivity index (χ1) is 16.8. The largest absolute Gasteiger partial charge is 0.493 e. The fourth-order valence-electron chi connectivity index (χ4n) is 5.26. The van der Waals surface area contributed by atoms with Crippen molar-refractivity contribution in [2.45, 2.75) is 45.8 Å². The van der Waals surface area contributed by atoms with Gasteiger partial charge in [0.1, 0.15) is 11.9 Å². The molecular weight excluding hydrogens is 438 g/mol. The van der Waals surface area contributed by atoms with Gasteiger partial charge < -0.3 is 9.47 Å². The van der Waals surface area contributed by atoms with E-state index in [0.717, 1.165) is 61.4 Å². The zero-order chi connectivity index (χ0) is 24.3. The summed E-state index contributed by atoms with van der Waals surface area (Å²) in [5, 5.41) is 11.5. The highest BCUT2D eigenvalue weighted by Crippen LogP contribution is 2.46. The van der Waals surface area contributed by atoms with Crippen molar-refractivity contribution < 1.29 is 14.3 Å². The summed E-state index contributed by atoms with van der Waals surface area (Å²) in [6, 6.07) is 14.4. The molecule has 3 heterocycles. The zero-order valence-electron chi connectivity index (χ0n) is 20.3. The van der Waals surface area contributed by atoms with E-state index in [1.54, 1.807) is 13.1 Å². The van der Waals surface area contributed by atoms with Crippen LogP contribution in [0, 0.1) is 0 Å². The Bertz CT molecular complexity index is 1620. The first kappa shape index (κ1) is 21.7. The summed E-state index contributed by atoms with van der Waals surface area (Å²) in [6.45, 7) is 8.16. The van der Waals surface area contributed by atoms with Crippen LogP contribution in [0.4, 0.5) is 0 Å². The van der Waals surface area contributed by atoms with Crippen LogP contribution in [0.3, 0.4) is 0 Å². The van der Waals surface area contributed by atoms with Crippen molar-refractivity contribution in [2.75, 3.05) is 6.61 Å². The molecule has 6 nitrogen and oxygen atoms in total. The highest BCUT2D eigenvalue weighted by molar-refractivity contribution is 6.18. The molecule has 1 N–H and O–H groups in total. The lowest BCUT2D eigenvalue weighted by Crippen LogP contribution is -2.27. The fourth-order valence-corrected chi connectivity index (χ4v) is 5.26. The van der Waals surface area contributed by atoms with Crippen LogP contribution in [0.5, 0.6) is 5.75 Å². The summed E-state index contributed by atoms with van der Waals surface area (Å²) in [5.41, 5.74) is 5.17. The quantitative estimate of drug-likeness (QED) is 0.336. The van der Waals surface area contributed by atoms with Gasteiger partial charge in [0.15, 0.2) is 5.78 Å². The number of benzene rings is 3. The summed E-state index contributed by atoms with van der Waals surface area (Å²) in [6.07, 6.45) is 3.73. The molecule has 176 valence electrons. The number of ketones is 1. The first-order valence-electron chi connectivity index (χ1n) is 11.9. The van der Waals surface area contributed by atoms with E-state index < -0.39 is 11.7 Å². The van der Waals surface area contributed by atoms with E-state index in [0.29, 0.717) is 6.61 Å². The molecule has 6 rings (SSSR count). The van der Waals surface area contributed by atoms with Crippen molar-refractivity contribution in [3.63, 3.8) is 0 Å². The average molecular weight is 466 g/mol. The number of nitrogens with one attached hydrogen (secondary N) is 1. The third kappa shape index (κ3) is 3.48. The second-order valence-corrected chi connectivity index (χ2v) is 10.1. The summed E-state index contributed by atoms with van der Waals surface area (Å²) in [5.74, 6) is 0.792. The number of Topliss-reactive ketones (excluding diaryl/α,β-unsaturated/α-hetero) is 1. The van der Waals surface area contributed by atoms with Gasteiger partial charge in [0.2, 0.25) is 0 Å². The summed E-state index contributed by atoms with van der Waals surface area (Å²) in [7, 11) is 0. The number of carbonyl (C=O) groups excluding carboxylic acids is 1. The van der Waals surface area contributed by atoms with Gasteiger partial charge >= 0.3 is 0 Å². The van der Waals surface area contributed by atoms with Gasteiger partial charge in [-0.3, -0.25) is 14.9 Å². The molecule has 0 saturated heterocycles. The number of fused-ring (bicyclic) bond motifs is 3. The van der Waals surface area contributed by atoms with E-state index in [2.05, 4.69) is 34.5 Å². The van der Waals surface area contributed by atoms with Crippen LogP contribution in [0.2, 0.25) is 0 Å². The zero-order valence-corrected chi connectivity index (χ0v) is 20.3. The molecule has 0 unspecified atom stereocenters. The standard InChI is InChI=1S/C29H27N3O3/c1-16(33)28(35-29(2,3)4)25-21-15-31-32-26(21)19-8-6-5-7-18(19)24(25)20-9-10-22-23-17(12-14-34-22)11-13-30-27(20)23/h5-11,13,15,28H,12,14H2,1-4H3,(H,31,32)/t28-/m1/s1. The number of rotatable bonds is 4. The second-order valence-electron chi connectivity index (χ2n) is 10.1. The van der Waals surface area contributed by atoms with Gasteiger partial charge in [0.05, 0.1) is 29.4 Å². The maximum Gasteiger partial charge on any atom is 0.163 e. The van der Waals surface area contributed by atoms with Gasteiger partial charge in [-0.15, -0.1) is 0 Å². The Labute approximate surface area is 203 Å². The van der Waals surface area contributed by atoms with Crippen LogP contribution < -0.4 is 4.74 Å². The molecule has 0 spiro atoms. The molecular formula is C29H27N3O3. The fraction of sp³-hybridized carbons (Fsp3) is 0.276. The van der Waals surface area contributed by atoms with E-state index in [1.165, 1.54) is 5.56 Å². The molecule has 6 heteroatoms. The number of pyridine rings is 1. The van der Waals surface area contributed by atoms with Crippen LogP contribution in [-0.2, 0) is 16.0 Å². The van der Waals surface area contributed by atoms with E-state index >= 15 is 0 Å². The lowest BCUT2D eigenvalue weighted by Gasteiger charge is -2.29. The van der Waals surface area contributed by atoms with Crippen LogP contribution in [0.25, 0.3) is 43.7 Å². The number of nitrogens with zero attached hydrogens (tertiary/aromatic N) is 2. The predicted molar refractivity (Wildman–Crippen MR) is 138 cm³/mol. The molecule has 3 aromatic carbocycles. The van der Waals surface area contributed by atoms with E-state index in [-0.39, 0.29) is 5.78 Å². The maximum atomic E-state index is 13.1. The molecule has 5 aromatic rings. The van der Waals surface area contributed by atoms with Crippen LogP contribution in [0.1, 0.15) is 44.9 Å². The second kappa shape index (κ2) is 7.89. The van der Waals surface area contributed by atoms with Gasteiger partial charge in [-0.25, -0.2) is 0 Å². The monoisotopic (exact) mass is 465 g/mol. The molecule has 0 radical (unpaired) electrons. The highest BCUT2D eigenvalue weighted by atomic mass is 16.5. The molecule has 0 saturated carbocycles. The van der Waals surface area contributed by atoms with Crippen molar-refractivity contribution in [3.8, 4) is 16.9 Å².